The van der Waals surface area contributed by atoms with Crippen LogP contribution in [0.5, 0.6) is 0 Å². The minimum Gasteiger partial charge on any atom is -0.393 e. The van der Waals surface area contributed by atoms with E-state index >= 15 is 0 Å². The third kappa shape index (κ3) is 3.36. The van der Waals surface area contributed by atoms with Gasteiger partial charge in [-0.05, 0) is 116 Å². The molecule has 0 aromatic rings. The number of allylic oxidation sites excluding steroid dienone is 1. The van der Waals surface area contributed by atoms with Gasteiger partial charge in [-0.1, -0.05) is 59.1 Å². The number of hydrogen-bond acceptors (Lipinski definition) is 1. The number of hydrogen-bond donors (Lipinski definition) is 1. The van der Waals surface area contributed by atoms with Crippen molar-refractivity contribution in [1.29, 1.82) is 0 Å². The van der Waals surface area contributed by atoms with Gasteiger partial charge in [-0.2, -0.15) is 0 Å². The molecule has 0 bridgehead atoms. The molecular formula is C29H48O. The highest BCUT2D eigenvalue weighted by atomic mass is 16.3. The van der Waals surface area contributed by atoms with Gasteiger partial charge in [0, 0.05) is 0 Å². The van der Waals surface area contributed by atoms with Gasteiger partial charge in [-0.3, -0.25) is 0 Å². The fourth-order valence-corrected chi connectivity index (χ4v) is 9.70. The minimum atomic E-state index is -0.0764. The van der Waals surface area contributed by atoms with Crippen LogP contribution in [0, 0.1) is 58.2 Å². The molecule has 0 amide bonds. The van der Waals surface area contributed by atoms with Gasteiger partial charge in [0.05, 0.1) is 6.10 Å². The topological polar surface area (TPSA) is 20.2 Å². The minimum absolute atomic E-state index is 0.0764. The maximum atomic E-state index is 10.2. The lowest BCUT2D eigenvalue weighted by Crippen LogP contribution is -2.50. The van der Waals surface area contributed by atoms with Crippen LogP contribution in [0.15, 0.2) is 11.6 Å². The summed E-state index contributed by atoms with van der Waals surface area (Å²) in [5.74, 6) is 7.60. The Bertz CT molecular complexity index is 680. The second-order valence-corrected chi connectivity index (χ2v) is 13.3. The van der Waals surface area contributed by atoms with E-state index in [1.807, 2.05) is 0 Å². The first-order valence-electron chi connectivity index (χ1n) is 13.6. The van der Waals surface area contributed by atoms with Gasteiger partial charge in [0.25, 0.3) is 0 Å². The van der Waals surface area contributed by atoms with Gasteiger partial charge >= 0.3 is 0 Å². The molecule has 0 aliphatic heterocycles. The Morgan fingerprint density at radius 3 is 2.47 bits per heavy atom. The van der Waals surface area contributed by atoms with E-state index in [1.165, 1.54) is 57.8 Å². The van der Waals surface area contributed by atoms with Crippen molar-refractivity contribution >= 4 is 0 Å². The van der Waals surface area contributed by atoms with Crippen LogP contribution in [-0.2, 0) is 0 Å². The summed E-state index contributed by atoms with van der Waals surface area (Å²) in [4.78, 5) is 0. The van der Waals surface area contributed by atoms with E-state index in [2.05, 4.69) is 40.7 Å². The average Bonchev–Trinajstić information content (AvgIpc) is 3.33. The van der Waals surface area contributed by atoms with Crippen LogP contribution in [0.2, 0.25) is 0 Å². The number of aliphatic hydroxyl groups excluding tert-OH is 1. The molecule has 3 unspecified atom stereocenters. The molecule has 5 aliphatic carbocycles. The van der Waals surface area contributed by atoms with Crippen molar-refractivity contribution in [1.82, 2.24) is 0 Å². The van der Waals surface area contributed by atoms with E-state index in [0.29, 0.717) is 10.8 Å². The van der Waals surface area contributed by atoms with Crippen molar-refractivity contribution < 1.29 is 5.11 Å². The lowest BCUT2D eigenvalue weighted by Gasteiger charge is -2.58. The molecule has 0 aromatic heterocycles. The second-order valence-electron chi connectivity index (χ2n) is 13.3. The van der Waals surface area contributed by atoms with Crippen molar-refractivity contribution in [2.24, 2.45) is 58.2 Å². The molecule has 4 saturated carbocycles. The summed E-state index contributed by atoms with van der Waals surface area (Å²) in [6, 6.07) is 0. The second kappa shape index (κ2) is 7.64. The third-order valence-corrected chi connectivity index (χ3v) is 11.8. The van der Waals surface area contributed by atoms with E-state index < -0.39 is 0 Å². The molecule has 11 atom stereocenters. The lowest BCUT2D eigenvalue weighted by molar-refractivity contribution is -0.0574. The molecule has 0 heterocycles. The lowest BCUT2D eigenvalue weighted by atomic mass is 9.47. The fourth-order valence-electron chi connectivity index (χ4n) is 9.70. The molecular weight excluding hydrogens is 364 g/mol. The van der Waals surface area contributed by atoms with Crippen molar-refractivity contribution in [2.45, 2.75) is 111 Å². The Hall–Kier alpha value is -0.300. The Morgan fingerprint density at radius 2 is 1.73 bits per heavy atom. The largest absolute Gasteiger partial charge is 0.393 e. The molecule has 5 rings (SSSR count). The maximum absolute atomic E-state index is 10.2. The van der Waals surface area contributed by atoms with Crippen molar-refractivity contribution in [3.8, 4) is 0 Å². The quantitative estimate of drug-likeness (QED) is 0.460. The molecule has 5 aliphatic rings. The van der Waals surface area contributed by atoms with Crippen molar-refractivity contribution in [2.75, 3.05) is 0 Å². The summed E-state index contributed by atoms with van der Waals surface area (Å²) in [5, 5.41) is 10.2. The first-order chi connectivity index (χ1) is 14.2. The maximum Gasteiger partial charge on any atom is 0.0577 e. The van der Waals surface area contributed by atoms with Crippen LogP contribution in [-0.4, -0.2) is 11.2 Å². The first kappa shape index (κ1) is 21.5. The van der Waals surface area contributed by atoms with Crippen LogP contribution >= 0.6 is 0 Å². The zero-order valence-electron chi connectivity index (χ0n) is 20.5. The molecule has 1 N–H and O–H groups in total. The van der Waals surface area contributed by atoms with Crippen LogP contribution in [0.25, 0.3) is 0 Å². The van der Waals surface area contributed by atoms with Gasteiger partial charge in [-0.15, -0.1) is 0 Å². The summed E-state index contributed by atoms with van der Waals surface area (Å²) in [5.41, 5.74) is 2.60. The zero-order chi connectivity index (χ0) is 21.3. The highest BCUT2D eigenvalue weighted by Crippen LogP contribution is 2.67. The number of rotatable bonds is 5. The molecule has 0 spiro atoms. The molecule has 170 valence electrons. The molecule has 1 heteroatoms. The molecule has 0 aromatic carbocycles. The molecule has 4 fully saturated rings. The van der Waals surface area contributed by atoms with Gasteiger partial charge < -0.3 is 5.11 Å². The molecule has 0 radical (unpaired) electrons. The van der Waals surface area contributed by atoms with Crippen LogP contribution in [0.3, 0.4) is 0 Å². The monoisotopic (exact) mass is 412 g/mol. The SMILES string of the molecule is C[C@H](CC[C@@H](C)[C@H]1CCC2C3CC=C4C[C@@H](O)CC[C@]4(C)C3CC[C@@]21C)[C@@H]1C[C@H]1C. The number of aliphatic hydroxyl groups is 1. The summed E-state index contributed by atoms with van der Waals surface area (Å²) in [6.45, 7) is 12.9. The van der Waals surface area contributed by atoms with E-state index in [-0.39, 0.29) is 6.10 Å². The van der Waals surface area contributed by atoms with Gasteiger partial charge in [-0.25, -0.2) is 0 Å². The fraction of sp³-hybridized carbons (Fsp3) is 0.931. The van der Waals surface area contributed by atoms with Gasteiger partial charge in [0.15, 0.2) is 0 Å². The Labute approximate surface area is 186 Å². The molecule has 0 saturated heterocycles. The van der Waals surface area contributed by atoms with Gasteiger partial charge in [0.1, 0.15) is 0 Å². The highest BCUT2D eigenvalue weighted by molar-refractivity contribution is 5.25. The average molecular weight is 413 g/mol. The Balaban J connectivity index is 1.28. The van der Waals surface area contributed by atoms with Crippen molar-refractivity contribution in [3.05, 3.63) is 11.6 Å². The van der Waals surface area contributed by atoms with Gasteiger partial charge in [0.2, 0.25) is 0 Å². The predicted octanol–water partition coefficient (Wildman–Crippen LogP) is 7.63. The van der Waals surface area contributed by atoms with E-state index in [0.717, 1.165) is 60.2 Å². The van der Waals surface area contributed by atoms with Crippen molar-refractivity contribution in [3.63, 3.8) is 0 Å². The first-order valence-corrected chi connectivity index (χ1v) is 13.6. The Kier molecular flexibility index (Phi) is 5.48. The molecule has 1 nitrogen and oxygen atoms in total. The van der Waals surface area contributed by atoms with E-state index in [1.54, 1.807) is 5.57 Å². The Morgan fingerprint density at radius 1 is 1.00 bits per heavy atom. The van der Waals surface area contributed by atoms with Crippen LogP contribution in [0.4, 0.5) is 0 Å². The van der Waals surface area contributed by atoms with Crippen LogP contribution in [0.1, 0.15) is 105 Å². The zero-order valence-corrected chi connectivity index (χ0v) is 20.5. The van der Waals surface area contributed by atoms with E-state index in [4.69, 9.17) is 0 Å². The number of fused-ring (bicyclic) bond motifs is 5. The van der Waals surface area contributed by atoms with Crippen LogP contribution < -0.4 is 0 Å². The molecule has 30 heavy (non-hydrogen) atoms. The smallest absolute Gasteiger partial charge is 0.0577 e. The standard InChI is InChI=1S/C29H48O/c1-18(24-16-20(24)3)6-7-19(2)25-10-11-26-23-9-8-21-17-22(30)12-14-28(21,4)27(23)13-15-29(25,26)5/h8,18-20,22-27,30H,6-7,9-17H2,1-5H3/t18-,19-,20-,22+,23?,24+,25-,26?,27?,28+,29-/m1/s1. The summed E-state index contributed by atoms with van der Waals surface area (Å²) in [6.07, 6.45) is 17.4. The summed E-state index contributed by atoms with van der Waals surface area (Å²) >= 11 is 0. The highest BCUT2D eigenvalue weighted by Gasteiger charge is 2.59. The summed E-state index contributed by atoms with van der Waals surface area (Å²) < 4.78 is 0. The predicted molar refractivity (Wildman–Crippen MR) is 126 cm³/mol. The van der Waals surface area contributed by atoms with E-state index in [9.17, 15) is 5.11 Å². The third-order valence-electron chi connectivity index (χ3n) is 11.8. The normalized spacial score (nSPS) is 51.9. The summed E-state index contributed by atoms with van der Waals surface area (Å²) in [7, 11) is 0.